The van der Waals surface area contributed by atoms with Gasteiger partial charge in [0.25, 0.3) is 0 Å². The molecule has 2 aromatic heterocycles. The van der Waals surface area contributed by atoms with E-state index >= 15 is 0 Å². The number of unbranched alkanes of at least 4 members (excludes halogenated alkanes) is 5. The molecule has 2 aromatic carbocycles. The summed E-state index contributed by atoms with van der Waals surface area (Å²) in [4.78, 5) is 4.45. The highest BCUT2D eigenvalue weighted by Gasteiger charge is 2.37. The first-order chi connectivity index (χ1) is 22.3. The first-order valence-corrected chi connectivity index (χ1v) is 16.0. The van der Waals surface area contributed by atoms with E-state index in [1.807, 2.05) is 6.07 Å². The third kappa shape index (κ3) is 6.98. The Balaban J connectivity index is 1.46. The van der Waals surface area contributed by atoms with Gasteiger partial charge >= 0.3 is 6.18 Å². The van der Waals surface area contributed by atoms with Crippen molar-refractivity contribution in [1.29, 1.82) is 0 Å². The normalized spacial score (nSPS) is 14.5. The molecule has 0 unspecified atom stereocenters. The minimum absolute atomic E-state index is 0.00341. The molecule has 4 aromatic rings. The van der Waals surface area contributed by atoms with Crippen LogP contribution in [0.3, 0.4) is 0 Å². The van der Waals surface area contributed by atoms with E-state index < -0.39 is 11.9 Å². The second kappa shape index (κ2) is 14.7. The number of aromatic nitrogens is 4. The van der Waals surface area contributed by atoms with Crippen molar-refractivity contribution in [2.75, 3.05) is 36.5 Å². The third-order valence-electron chi connectivity index (χ3n) is 8.14. The van der Waals surface area contributed by atoms with Gasteiger partial charge in [-0.1, -0.05) is 63.3 Å². The van der Waals surface area contributed by atoms with Gasteiger partial charge < -0.3 is 19.3 Å². The maximum atomic E-state index is 14.1. The molecule has 244 valence electrons. The number of halogens is 3. The molecular weight excluding hydrogens is 593 g/mol. The molecule has 46 heavy (non-hydrogen) atoms. The zero-order valence-corrected chi connectivity index (χ0v) is 26.8. The number of fused-ring (bicyclic) bond motifs is 2. The number of methoxy groups -OCH3 is 1. The van der Waals surface area contributed by atoms with Gasteiger partial charge in [-0.3, -0.25) is 0 Å². The van der Waals surface area contributed by atoms with Gasteiger partial charge in [0.2, 0.25) is 5.88 Å². The quantitative estimate of drug-likeness (QED) is 0.131. The lowest BCUT2D eigenvalue weighted by Gasteiger charge is -2.23. The summed E-state index contributed by atoms with van der Waals surface area (Å²) < 4.78 is 55.1. The second-order valence-corrected chi connectivity index (χ2v) is 11.1. The van der Waals surface area contributed by atoms with Crippen LogP contribution in [0.15, 0.2) is 66.6 Å². The highest BCUT2D eigenvalue weighted by Crippen LogP contribution is 2.41. The fourth-order valence-corrected chi connectivity index (χ4v) is 5.73. The van der Waals surface area contributed by atoms with E-state index in [1.54, 1.807) is 42.5 Å². The standard InChI is InChI=1S/C35H41F3N6O2/c1-5-8-9-10-11-16-23-43-28-24-25(42(6-2)7-3)21-22-30(28)46-31(43)20-15-13-18-27-32(35(36,37)38)41-44-33(39-40-34(27)44)26-17-12-14-19-29(26)45-4/h12-15,17-22,24H,5-11,16,23H2,1-4H3/b15-13+,27-18-,31-20-. The summed E-state index contributed by atoms with van der Waals surface area (Å²) in [6, 6.07) is 13.1. The van der Waals surface area contributed by atoms with Crippen LogP contribution in [0.5, 0.6) is 11.5 Å². The smallest absolute Gasteiger partial charge is 0.435 e. The first kappa shape index (κ1) is 32.8. The molecule has 0 amide bonds. The Hall–Kier alpha value is -4.54. The van der Waals surface area contributed by atoms with E-state index in [2.05, 4.69) is 58.0 Å². The van der Waals surface area contributed by atoms with Crippen molar-refractivity contribution in [3.63, 3.8) is 0 Å². The van der Waals surface area contributed by atoms with Crippen molar-refractivity contribution in [2.24, 2.45) is 0 Å². The van der Waals surface area contributed by atoms with Crippen LogP contribution < -0.4 is 24.5 Å². The molecular formula is C35H41F3N6O2. The predicted octanol–water partition coefficient (Wildman–Crippen LogP) is 7.82. The number of para-hydroxylation sites is 1. The zero-order chi connectivity index (χ0) is 32.7. The Labute approximate surface area is 267 Å². The monoisotopic (exact) mass is 634 g/mol. The van der Waals surface area contributed by atoms with Crippen LogP contribution >= 0.6 is 0 Å². The fourth-order valence-electron chi connectivity index (χ4n) is 5.73. The number of rotatable bonds is 14. The zero-order valence-electron chi connectivity index (χ0n) is 26.8. The summed E-state index contributed by atoms with van der Waals surface area (Å²) in [5, 5.41) is 11.9. The Bertz CT molecular complexity index is 1740. The summed E-state index contributed by atoms with van der Waals surface area (Å²) in [6.07, 6.45) is 8.68. The molecule has 0 N–H and O–H groups in total. The van der Waals surface area contributed by atoms with Crippen LogP contribution in [0, 0.1) is 0 Å². The number of alkyl halides is 3. The predicted molar refractivity (Wildman–Crippen MR) is 176 cm³/mol. The van der Waals surface area contributed by atoms with E-state index in [-0.39, 0.29) is 16.7 Å². The van der Waals surface area contributed by atoms with Crippen molar-refractivity contribution in [3.05, 3.63) is 77.5 Å². The Morgan fingerprint density at radius 3 is 2.39 bits per heavy atom. The number of benzene rings is 2. The van der Waals surface area contributed by atoms with Gasteiger partial charge in [0.1, 0.15) is 5.75 Å². The number of anilines is 2. The van der Waals surface area contributed by atoms with Gasteiger partial charge in [-0.2, -0.15) is 22.8 Å². The average molecular weight is 635 g/mol. The number of hydrogen-bond donors (Lipinski definition) is 0. The average Bonchev–Trinajstić information content (AvgIpc) is 3.73. The molecule has 11 heteroatoms. The Morgan fingerprint density at radius 1 is 0.913 bits per heavy atom. The van der Waals surface area contributed by atoms with Crippen LogP contribution in [-0.4, -0.2) is 46.6 Å². The lowest BCUT2D eigenvalue weighted by Crippen LogP contribution is -2.23. The molecule has 0 saturated carbocycles. The third-order valence-corrected chi connectivity index (χ3v) is 8.14. The van der Waals surface area contributed by atoms with Gasteiger partial charge in [-0.25, -0.2) is 0 Å². The maximum Gasteiger partial charge on any atom is 0.435 e. The van der Waals surface area contributed by atoms with Gasteiger partial charge in [0.05, 0.1) is 23.6 Å². The van der Waals surface area contributed by atoms with Crippen LogP contribution in [0.4, 0.5) is 24.5 Å². The van der Waals surface area contributed by atoms with Crippen LogP contribution in [0.2, 0.25) is 0 Å². The van der Waals surface area contributed by atoms with Crippen molar-refractivity contribution in [1.82, 2.24) is 19.8 Å². The van der Waals surface area contributed by atoms with Gasteiger partial charge in [0.15, 0.2) is 22.9 Å². The van der Waals surface area contributed by atoms with Crippen molar-refractivity contribution < 1.29 is 22.6 Å². The first-order valence-electron chi connectivity index (χ1n) is 16.0. The van der Waals surface area contributed by atoms with Gasteiger partial charge in [-0.15, -0.1) is 10.2 Å². The number of nitrogens with zero attached hydrogens (tertiary/aromatic N) is 6. The van der Waals surface area contributed by atoms with E-state index in [0.29, 0.717) is 17.2 Å². The largest absolute Gasteiger partial charge is 0.496 e. The summed E-state index contributed by atoms with van der Waals surface area (Å²) in [5.74, 6) is 2.01. The van der Waals surface area contributed by atoms with Crippen molar-refractivity contribution in [3.8, 4) is 22.9 Å². The Kier molecular flexibility index (Phi) is 10.5. The molecule has 0 aliphatic carbocycles. The molecule has 0 saturated heterocycles. The van der Waals surface area contributed by atoms with Gasteiger partial charge in [-0.05, 0) is 62.8 Å². The van der Waals surface area contributed by atoms with E-state index in [0.717, 1.165) is 54.1 Å². The number of hydrogen-bond acceptors (Lipinski definition) is 7. The molecule has 0 fully saturated rings. The van der Waals surface area contributed by atoms with Crippen molar-refractivity contribution >= 4 is 23.1 Å². The molecule has 1 aliphatic heterocycles. The summed E-state index contributed by atoms with van der Waals surface area (Å²) in [7, 11) is 1.49. The molecule has 5 rings (SSSR count). The number of ether oxygens (including phenoxy) is 2. The van der Waals surface area contributed by atoms with E-state index in [4.69, 9.17) is 9.47 Å². The topological polar surface area (TPSA) is 68.0 Å². The molecule has 0 spiro atoms. The van der Waals surface area contributed by atoms with Crippen molar-refractivity contribution in [2.45, 2.75) is 65.5 Å². The molecule has 1 aliphatic rings. The van der Waals surface area contributed by atoms with Crippen LogP contribution in [0.1, 0.15) is 65.0 Å². The fraction of sp³-hybridized carbons (Fsp3) is 0.400. The van der Waals surface area contributed by atoms with E-state index in [9.17, 15) is 13.2 Å². The van der Waals surface area contributed by atoms with Crippen LogP contribution in [0.25, 0.3) is 23.1 Å². The molecule has 0 atom stereocenters. The molecule has 0 bridgehead atoms. The second-order valence-electron chi connectivity index (χ2n) is 11.1. The summed E-state index contributed by atoms with van der Waals surface area (Å²) in [5.41, 5.74) is 1.57. The highest BCUT2D eigenvalue weighted by atomic mass is 19.4. The van der Waals surface area contributed by atoms with E-state index in [1.165, 1.54) is 38.9 Å². The minimum atomic E-state index is -4.69. The maximum absolute atomic E-state index is 14.1. The molecule has 8 nitrogen and oxygen atoms in total. The summed E-state index contributed by atoms with van der Waals surface area (Å²) >= 11 is 0. The molecule has 0 radical (unpaired) electrons. The lowest BCUT2D eigenvalue weighted by atomic mass is 10.1. The summed E-state index contributed by atoms with van der Waals surface area (Å²) in [6.45, 7) is 9.04. The minimum Gasteiger partial charge on any atom is -0.496 e. The molecule has 3 heterocycles. The Morgan fingerprint density at radius 2 is 1.65 bits per heavy atom. The van der Waals surface area contributed by atoms with Crippen LogP contribution in [-0.2, 0) is 6.18 Å². The van der Waals surface area contributed by atoms with Gasteiger partial charge in [0, 0.05) is 25.3 Å². The lowest BCUT2D eigenvalue weighted by molar-refractivity contribution is -0.142. The highest BCUT2D eigenvalue weighted by molar-refractivity contribution is 5.72. The number of allylic oxidation sites excluding steroid dienone is 3. The SMILES string of the molecule is CCCCCCCCN1/C(=C/C=C/C=c2/c(C(F)(F)F)nn3c(-c4ccccc4OC)nnc23)Oc2ccc(N(CC)CC)cc21.